The van der Waals surface area contributed by atoms with Crippen LogP contribution in [0.4, 0.5) is 0 Å². The van der Waals surface area contributed by atoms with E-state index in [2.05, 4.69) is 42.7 Å². The van der Waals surface area contributed by atoms with Gasteiger partial charge in [0.2, 0.25) is 0 Å². The van der Waals surface area contributed by atoms with Crippen LogP contribution in [0.15, 0.2) is 30.3 Å². The van der Waals surface area contributed by atoms with Crippen molar-refractivity contribution in [1.82, 2.24) is 4.57 Å². The number of Topliss-reactive ketones (excluding diaryl/α,β-unsaturated/α-hetero) is 1. The lowest BCUT2D eigenvalue weighted by atomic mass is 9.96. The fourth-order valence-corrected chi connectivity index (χ4v) is 2.97. The summed E-state index contributed by atoms with van der Waals surface area (Å²) in [6.45, 7) is 4.25. The van der Waals surface area contributed by atoms with E-state index in [1.54, 1.807) is 0 Å². The fraction of sp³-hybridized carbons (Fsp3) is 0.353. The maximum atomic E-state index is 12.0. The summed E-state index contributed by atoms with van der Waals surface area (Å²) in [5.74, 6) is 0.299. The molecule has 1 heterocycles. The van der Waals surface area contributed by atoms with Crippen molar-refractivity contribution in [2.24, 2.45) is 0 Å². The number of ketones is 1. The topological polar surface area (TPSA) is 22.0 Å². The van der Waals surface area contributed by atoms with Crippen molar-refractivity contribution in [3.8, 4) is 5.69 Å². The van der Waals surface area contributed by atoms with Crippen molar-refractivity contribution in [1.29, 1.82) is 0 Å². The molecule has 1 aliphatic carbocycles. The lowest BCUT2D eigenvalue weighted by molar-refractivity contribution is 0.0972. The highest BCUT2D eigenvalue weighted by molar-refractivity contribution is 5.98. The van der Waals surface area contributed by atoms with Gasteiger partial charge < -0.3 is 4.57 Å². The third kappa shape index (κ3) is 2.01. The summed E-state index contributed by atoms with van der Waals surface area (Å²) in [5, 5.41) is 0. The van der Waals surface area contributed by atoms with Crippen LogP contribution in [0.2, 0.25) is 0 Å². The first kappa shape index (κ1) is 12.2. The second-order valence-corrected chi connectivity index (χ2v) is 5.28. The molecule has 0 saturated heterocycles. The van der Waals surface area contributed by atoms with E-state index >= 15 is 0 Å². The van der Waals surface area contributed by atoms with Gasteiger partial charge in [-0.1, -0.05) is 19.1 Å². The molecule has 3 rings (SSSR count). The third-order valence-electron chi connectivity index (χ3n) is 4.01. The van der Waals surface area contributed by atoms with Gasteiger partial charge in [0.05, 0.1) is 0 Å². The number of aromatic nitrogens is 1. The number of rotatable bonds is 2. The normalized spacial score (nSPS) is 14.5. The Morgan fingerprint density at radius 1 is 1.16 bits per heavy atom. The maximum absolute atomic E-state index is 12.0. The predicted molar refractivity (Wildman–Crippen MR) is 77.2 cm³/mol. The van der Waals surface area contributed by atoms with Crippen molar-refractivity contribution >= 4 is 5.78 Å². The molecule has 0 bridgehead atoms. The van der Waals surface area contributed by atoms with Crippen LogP contribution in [0.25, 0.3) is 5.69 Å². The van der Waals surface area contributed by atoms with E-state index in [9.17, 15) is 4.79 Å². The Labute approximate surface area is 114 Å². The van der Waals surface area contributed by atoms with Crippen LogP contribution in [-0.4, -0.2) is 10.4 Å². The number of carbonyl (C=O) groups is 1. The van der Waals surface area contributed by atoms with Gasteiger partial charge in [-0.15, -0.1) is 0 Å². The molecule has 19 heavy (non-hydrogen) atoms. The van der Waals surface area contributed by atoms with E-state index in [1.165, 1.54) is 16.9 Å². The molecule has 0 spiro atoms. The molecule has 0 aliphatic heterocycles. The van der Waals surface area contributed by atoms with E-state index in [-0.39, 0.29) is 0 Å². The van der Waals surface area contributed by atoms with Crippen LogP contribution in [0.3, 0.4) is 0 Å². The van der Waals surface area contributed by atoms with Gasteiger partial charge in [0.25, 0.3) is 0 Å². The SMILES string of the molecule is CCc1ccc(-n2c(C)cc3c2CCCC3=O)cc1. The number of hydrogen-bond donors (Lipinski definition) is 0. The number of aryl methyl sites for hydroxylation is 2. The van der Waals surface area contributed by atoms with Crippen molar-refractivity contribution in [2.45, 2.75) is 39.5 Å². The minimum absolute atomic E-state index is 0.299. The molecule has 2 aromatic rings. The molecule has 0 N–H and O–H groups in total. The van der Waals surface area contributed by atoms with Gasteiger partial charge in [-0.2, -0.15) is 0 Å². The molecule has 98 valence electrons. The van der Waals surface area contributed by atoms with Gasteiger partial charge in [-0.25, -0.2) is 0 Å². The molecule has 2 nitrogen and oxygen atoms in total. The zero-order valence-corrected chi connectivity index (χ0v) is 11.6. The number of fused-ring (bicyclic) bond motifs is 1. The van der Waals surface area contributed by atoms with Crippen LogP contribution in [0, 0.1) is 6.92 Å². The minimum Gasteiger partial charge on any atom is -0.317 e. The summed E-state index contributed by atoms with van der Waals surface area (Å²) < 4.78 is 2.24. The Balaban J connectivity index is 2.11. The number of benzene rings is 1. The van der Waals surface area contributed by atoms with Crippen LogP contribution >= 0.6 is 0 Å². The first-order chi connectivity index (χ1) is 9.20. The van der Waals surface area contributed by atoms with E-state index in [0.717, 1.165) is 30.5 Å². The second-order valence-electron chi connectivity index (χ2n) is 5.28. The van der Waals surface area contributed by atoms with Gasteiger partial charge >= 0.3 is 0 Å². The molecular formula is C17H19NO. The van der Waals surface area contributed by atoms with Gasteiger partial charge in [-0.3, -0.25) is 4.79 Å². The standard InChI is InChI=1S/C17H19NO/c1-3-13-7-9-14(10-8-13)18-12(2)11-15-16(18)5-4-6-17(15)19/h7-11H,3-6H2,1-2H3. The Hall–Kier alpha value is -1.83. The molecule has 0 radical (unpaired) electrons. The summed E-state index contributed by atoms with van der Waals surface area (Å²) >= 11 is 0. The molecule has 1 aromatic carbocycles. The fourth-order valence-electron chi connectivity index (χ4n) is 2.97. The number of hydrogen-bond acceptors (Lipinski definition) is 1. The smallest absolute Gasteiger partial charge is 0.164 e. The summed E-state index contributed by atoms with van der Waals surface area (Å²) in [6, 6.07) is 10.7. The average molecular weight is 253 g/mol. The van der Waals surface area contributed by atoms with Crippen molar-refractivity contribution < 1.29 is 4.79 Å². The molecular weight excluding hydrogens is 234 g/mol. The Bertz CT molecular complexity index is 619. The van der Waals surface area contributed by atoms with Crippen LogP contribution in [0.1, 0.15) is 47.1 Å². The van der Waals surface area contributed by atoms with Crippen LogP contribution in [-0.2, 0) is 12.8 Å². The number of carbonyl (C=O) groups excluding carboxylic acids is 1. The van der Waals surface area contributed by atoms with E-state index < -0.39 is 0 Å². The molecule has 1 aromatic heterocycles. The zero-order chi connectivity index (χ0) is 13.4. The Kier molecular flexibility index (Phi) is 3.02. The summed E-state index contributed by atoms with van der Waals surface area (Å²) in [7, 11) is 0. The molecule has 1 aliphatic rings. The van der Waals surface area contributed by atoms with Crippen LogP contribution < -0.4 is 0 Å². The van der Waals surface area contributed by atoms with E-state index in [4.69, 9.17) is 0 Å². The first-order valence-electron chi connectivity index (χ1n) is 7.04. The van der Waals surface area contributed by atoms with Crippen molar-refractivity contribution in [3.05, 3.63) is 52.8 Å². The highest BCUT2D eigenvalue weighted by atomic mass is 16.1. The van der Waals surface area contributed by atoms with Gasteiger partial charge in [0.15, 0.2) is 5.78 Å². The van der Waals surface area contributed by atoms with Crippen molar-refractivity contribution in [3.63, 3.8) is 0 Å². The lowest BCUT2D eigenvalue weighted by Gasteiger charge is -2.16. The molecule has 0 saturated carbocycles. The third-order valence-corrected chi connectivity index (χ3v) is 4.01. The highest BCUT2D eigenvalue weighted by Crippen LogP contribution is 2.28. The average Bonchev–Trinajstić information content (AvgIpc) is 2.77. The molecule has 0 atom stereocenters. The molecule has 0 unspecified atom stereocenters. The largest absolute Gasteiger partial charge is 0.317 e. The van der Waals surface area contributed by atoms with Gasteiger partial charge in [0.1, 0.15) is 0 Å². The minimum atomic E-state index is 0.299. The maximum Gasteiger partial charge on any atom is 0.164 e. The Morgan fingerprint density at radius 2 is 1.89 bits per heavy atom. The van der Waals surface area contributed by atoms with Crippen LogP contribution in [0.5, 0.6) is 0 Å². The Morgan fingerprint density at radius 3 is 2.58 bits per heavy atom. The van der Waals surface area contributed by atoms with Gasteiger partial charge in [-0.05, 0) is 49.9 Å². The molecule has 0 amide bonds. The zero-order valence-electron chi connectivity index (χ0n) is 11.6. The van der Waals surface area contributed by atoms with E-state index in [1.807, 2.05) is 6.07 Å². The molecule has 2 heteroatoms. The van der Waals surface area contributed by atoms with Gasteiger partial charge in [0, 0.05) is 29.1 Å². The second kappa shape index (κ2) is 4.69. The van der Waals surface area contributed by atoms with Crippen molar-refractivity contribution in [2.75, 3.05) is 0 Å². The quantitative estimate of drug-likeness (QED) is 0.796. The monoisotopic (exact) mass is 253 g/mol. The molecule has 0 fully saturated rings. The summed E-state index contributed by atoms with van der Waals surface area (Å²) in [6.07, 6.45) is 3.74. The summed E-state index contributed by atoms with van der Waals surface area (Å²) in [4.78, 5) is 12.0. The lowest BCUT2D eigenvalue weighted by Crippen LogP contribution is -2.12. The predicted octanol–water partition coefficient (Wildman–Crippen LogP) is 3.87. The first-order valence-corrected chi connectivity index (χ1v) is 7.04. The highest BCUT2D eigenvalue weighted by Gasteiger charge is 2.22. The summed E-state index contributed by atoms with van der Waals surface area (Å²) in [5.41, 5.74) is 5.80. The number of nitrogens with zero attached hydrogens (tertiary/aromatic N) is 1. The van der Waals surface area contributed by atoms with E-state index in [0.29, 0.717) is 12.2 Å².